The van der Waals surface area contributed by atoms with Gasteiger partial charge in [-0.25, -0.2) is 29.0 Å². The van der Waals surface area contributed by atoms with E-state index >= 15 is 0 Å². The zero-order valence-electron chi connectivity index (χ0n) is 22.0. The molecule has 1 fully saturated rings. The van der Waals surface area contributed by atoms with E-state index < -0.39 is 35.7 Å². The maximum Gasteiger partial charge on any atom is 0.420 e. The number of carbonyl (C=O) groups is 4. The summed E-state index contributed by atoms with van der Waals surface area (Å²) in [5.74, 6) is -8.06. The minimum absolute atomic E-state index is 0.0390. The number of nitrogens with zero attached hydrogens (tertiary/aromatic N) is 2. The molecular weight excluding hydrogens is 520 g/mol. The second-order valence-corrected chi connectivity index (χ2v) is 9.55. The Labute approximate surface area is 230 Å². The van der Waals surface area contributed by atoms with Crippen molar-refractivity contribution in [1.29, 1.82) is 0 Å². The van der Waals surface area contributed by atoms with Crippen LogP contribution in [0.2, 0.25) is 0 Å². The van der Waals surface area contributed by atoms with Crippen molar-refractivity contribution in [3.8, 4) is 5.75 Å². The molecule has 208 valence electrons. The highest BCUT2D eigenvalue weighted by molar-refractivity contribution is 5.95. The van der Waals surface area contributed by atoms with Crippen LogP contribution in [0.15, 0.2) is 72.8 Å². The molecule has 0 aromatic heterocycles. The summed E-state index contributed by atoms with van der Waals surface area (Å²) in [6.07, 6.45) is 4.18. The lowest BCUT2D eigenvalue weighted by Gasteiger charge is -2.54. The fourth-order valence-corrected chi connectivity index (χ4v) is 4.87. The van der Waals surface area contributed by atoms with Gasteiger partial charge in [0.1, 0.15) is 12.4 Å². The molecule has 0 saturated carbocycles. The third-order valence-corrected chi connectivity index (χ3v) is 6.76. The molecular formula is C29H28N2O9. The van der Waals surface area contributed by atoms with Crippen molar-refractivity contribution in [3.63, 3.8) is 0 Å². The maximum absolute atomic E-state index is 12.7. The first-order chi connectivity index (χ1) is 19.2. The van der Waals surface area contributed by atoms with Crippen molar-refractivity contribution in [2.45, 2.75) is 25.2 Å². The highest BCUT2D eigenvalue weighted by Crippen LogP contribution is 2.43. The lowest BCUT2D eigenvalue weighted by molar-refractivity contribution is -0.459. The minimum Gasteiger partial charge on any atom is -0.492 e. The molecule has 1 saturated heterocycles. The average molecular weight is 549 g/mol. The highest BCUT2D eigenvalue weighted by Gasteiger charge is 2.73. The van der Waals surface area contributed by atoms with Crippen LogP contribution in [0.3, 0.4) is 0 Å². The monoisotopic (exact) mass is 548 g/mol. The molecule has 0 bridgehead atoms. The maximum atomic E-state index is 12.7. The van der Waals surface area contributed by atoms with E-state index in [4.69, 9.17) is 23.7 Å². The number of hydrogen-bond acceptors (Lipinski definition) is 11. The molecule has 2 aromatic rings. The minimum atomic E-state index is -2.46. The number of aryl methyl sites for hydroxylation is 1. The smallest absolute Gasteiger partial charge is 0.420 e. The van der Waals surface area contributed by atoms with Crippen LogP contribution in [-0.4, -0.2) is 78.8 Å². The van der Waals surface area contributed by atoms with Crippen molar-refractivity contribution >= 4 is 23.9 Å². The topological polar surface area (TPSA) is 121 Å². The van der Waals surface area contributed by atoms with E-state index in [1.807, 2.05) is 55.5 Å². The lowest BCUT2D eigenvalue weighted by atomic mass is 10.0. The summed E-state index contributed by atoms with van der Waals surface area (Å²) in [6, 6.07) is 15.8. The summed E-state index contributed by atoms with van der Waals surface area (Å²) >= 11 is 0. The van der Waals surface area contributed by atoms with Gasteiger partial charge in [0.05, 0.1) is 0 Å². The summed E-state index contributed by atoms with van der Waals surface area (Å²) in [6.45, 7) is 2.47. The van der Waals surface area contributed by atoms with Crippen LogP contribution in [0, 0.1) is 6.92 Å². The predicted octanol–water partition coefficient (Wildman–Crippen LogP) is 1.83. The van der Waals surface area contributed by atoms with E-state index in [0.29, 0.717) is 12.2 Å². The highest BCUT2D eigenvalue weighted by atomic mass is 16.8. The number of fused-ring (bicyclic) bond motifs is 1. The van der Waals surface area contributed by atoms with Gasteiger partial charge >= 0.3 is 35.7 Å². The zero-order chi connectivity index (χ0) is 28.3. The predicted molar refractivity (Wildman–Crippen MR) is 138 cm³/mol. The van der Waals surface area contributed by atoms with E-state index in [0.717, 1.165) is 41.0 Å². The van der Waals surface area contributed by atoms with Gasteiger partial charge in [-0.15, -0.1) is 0 Å². The van der Waals surface area contributed by atoms with Gasteiger partial charge in [0, 0.05) is 50.4 Å². The summed E-state index contributed by atoms with van der Waals surface area (Å²) in [7, 11) is 1.49. The quantitative estimate of drug-likeness (QED) is 0.492. The molecule has 0 atom stereocenters. The van der Waals surface area contributed by atoms with Gasteiger partial charge in [0.25, 0.3) is 0 Å². The van der Waals surface area contributed by atoms with E-state index in [1.54, 1.807) is 0 Å². The number of likely N-dealkylation sites (N-methyl/N-ethyl adjacent to an activating group) is 1. The van der Waals surface area contributed by atoms with Crippen LogP contribution in [0.1, 0.15) is 16.7 Å². The van der Waals surface area contributed by atoms with Crippen molar-refractivity contribution in [3.05, 3.63) is 89.5 Å². The first kappa shape index (κ1) is 27.1. The molecule has 11 heteroatoms. The first-order valence-electron chi connectivity index (χ1n) is 12.7. The fraction of sp³-hybridized carbons (Fsp3) is 0.310. The van der Waals surface area contributed by atoms with Crippen molar-refractivity contribution in [2.75, 3.05) is 33.3 Å². The summed E-state index contributed by atoms with van der Waals surface area (Å²) in [5.41, 5.74) is 3.17. The van der Waals surface area contributed by atoms with Gasteiger partial charge < -0.3 is 23.7 Å². The molecule has 5 rings (SSSR count). The molecule has 11 nitrogen and oxygen atoms in total. The number of carbonyl (C=O) groups excluding carboxylic acids is 4. The van der Waals surface area contributed by atoms with Crippen LogP contribution in [-0.2, 0) is 44.5 Å². The van der Waals surface area contributed by atoms with Crippen LogP contribution in [0.4, 0.5) is 0 Å². The van der Waals surface area contributed by atoms with E-state index in [1.165, 1.54) is 16.8 Å². The SMILES string of the molecule is Cc1ccc(OCCN2CCN(C)C3(OC(=O)C=CC(=O)O3)C23OC(=O)C=CC(=O)O3)c(Cc2ccccc2)c1. The summed E-state index contributed by atoms with van der Waals surface area (Å²) in [4.78, 5) is 53.2. The number of benzene rings is 2. The van der Waals surface area contributed by atoms with Gasteiger partial charge in [-0.2, -0.15) is 0 Å². The summed E-state index contributed by atoms with van der Waals surface area (Å²) < 4.78 is 28.6. The Balaban J connectivity index is 1.44. The molecule has 3 aliphatic rings. The van der Waals surface area contributed by atoms with Gasteiger partial charge in [-0.1, -0.05) is 48.0 Å². The Morgan fingerprint density at radius 3 is 1.95 bits per heavy atom. The van der Waals surface area contributed by atoms with Gasteiger partial charge in [0.15, 0.2) is 0 Å². The molecule has 3 heterocycles. The van der Waals surface area contributed by atoms with E-state index in [9.17, 15) is 19.2 Å². The fourth-order valence-electron chi connectivity index (χ4n) is 4.87. The van der Waals surface area contributed by atoms with Crippen molar-refractivity contribution in [1.82, 2.24) is 9.80 Å². The van der Waals surface area contributed by atoms with Crippen LogP contribution in [0.5, 0.6) is 5.75 Å². The first-order valence-corrected chi connectivity index (χ1v) is 12.7. The van der Waals surface area contributed by atoms with E-state index in [2.05, 4.69) is 0 Å². The third kappa shape index (κ3) is 5.21. The standard InChI is InChI=1S/C29H28N2O9/c1-20-8-9-23(22(18-20)19-21-6-4-3-5-7-21)36-17-16-31-15-14-30(2)28(37-24(32)10-11-25(33)38-28)29(31)39-26(34)12-13-27(35)40-29/h3-13,18H,14-17,19H2,1-2H3. The Hall–Kier alpha value is -4.48. The molecule has 2 aromatic carbocycles. The zero-order valence-corrected chi connectivity index (χ0v) is 22.0. The number of ether oxygens (including phenoxy) is 5. The molecule has 2 spiro atoms. The number of esters is 4. The lowest BCUT2D eigenvalue weighted by Crippen LogP contribution is -2.80. The number of piperazine rings is 1. The molecule has 3 aliphatic heterocycles. The van der Waals surface area contributed by atoms with Crippen LogP contribution >= 0.6 is 0 Å². The molecule has 0 N–H and O–H groups in total. The number of rotatable bonds is 6. The van der Waals surface area contributed by atoms with E-state index in [-0.39, 0.29) is 26.2 Å². The second kappa shape index (κ2) is 10.9. The molecule has 0 unspecified atom stereocenters. The largest absolute Gasteiger partial charge is 0.492 e. The third-order valence-electron chi connectivity index (χ3n) is 6.76. The Kier molecular flexibility index (Phi) is 7.42. The van der Waals surface area contributed by atoms with Gasteiger partial charge in [-0.05, 0) is 31.2 Å². The van der Waals surface area contributed by atoms with Gasteiger partial charge in [0.2, 0.25) is 0 Å². The molecule has 40 heavy (non-hydrogen) atoms. The molecule has 0 aliphatic carbocycles. The van der Waals surface area contributed by atoms with Crippen molar-refractivity contribution in [2.24, 2.45) is 0 Å². The molecule has 0 radical (unpaired) electrons. The molecule has 0 amide bonds. The Bertz CT molecular complexity index is 1350. The average Bonchev–Trinajstić information content (AvgIpc) is 3.18. The van der Waals surface area contributed by atoms with Crippen LogP contribution in [0.25, 0.3) is 0 Å². The Morgan fingerprint density at radius 1 is 0.775 bits per heavy atom. The normalized spacial score (nSPS) is 20.4. The summed E-state index contributed by atoms with van der Waals surface area (Å²) in [5, 5.41) is 0. The second-order valence-electron chi connectivity index (χ2n) is 9.55. The Morgan fingerprint density at radius 2 is 1.35 bits per heavy atom. The van der Waals surface area contributed by atoms with Crippen LogP contribution < -0.4 is 4.74 Å². The van der Waals surface area contributed by atoms with Gasteiger partial charge in [-0.3, -0.25) is 0 Å². The van der Waals surface area contributed by atoms with Crippen molar-refractivity contribution < 1.29 is 42.9 Å². The number of hydrogen-bond donors (Lipinski definition) is 0.